The zero-order valence-corrected chi connectivity index (χ0v) is 15.2. The second-order valence-electron chi connectivity index (χ2n) is 6.47. The van der Waals surface area contributed by atoms with Crippen LogP contribution in [0.5, 0.6) is 0 Å². The van der Waals surface area contributed by atoms with Crippen molar-refractivity contribution in [2.24, 2.45) is 10.4 Å². The largest absolute Gasteiger partial charge is 0.261 e. The number of rotatable bonds is 14. The Labute approximate surface area is 139 Å². The molecule has 0 rings (SSSR count). The predicted octanol–water partition coefficient (Wildman–Crippen LogP) is 7.26. The van der Waals surface area contributed by atoms with Gasteiger partial charge in [0.25, 0.3) is 0 Å². The Kier molecular flexibility index (Phi) is 12.9. The summed E-state index contributed by atoms with van der Waals surface area (Å²) >= 11 is 0. The quantitative estimate of drug-likeness (QED) is 0.182. The Morgan fingerprint density at radius 2 is 1.45 bits per heavy atom. The maximum absolute atomic E-state index is 4.58. The maximum Gasteiger partial charge on any atom is 0.0462 e. The van der Waals surface area contributed by atoms with E-state index in [4.69, 9.17) is 0 Å². The number of nitrogens with zero attached hydrogens (tertiary/aromatic N) is 1. The molecule has 0 fully saturated rings. The first kappa shape index (κ1) is 20.9. The van der Waals surface area contributed by atoms with E-state index in [9.17, 15) is 0 Å². The van der Waals surface area contributed by atoms with Crippen molar-refractivity contribution in [3.63, 3.8) is 0 Å². The van der Waals surface area contributed by atoms with E-state index in [2.05, 4.69) is 45.0 Å². The van der Waals surface area contributed by atoms with Crippen molar-refractivity contribution in [3.8, 4) is 0 Å². The molecule has 126 valence electrons. The molecule has 0 saturated heterocycles. The van der Waals surface area contributed by atoms with Crippen LogP contribution in [0.2, 0.25) is 0 Å². The normalized spacial score (nSPS) is 12.8. The van der Waals surface area contributed by atoms with E-state index in [1.165, 1.54) is 64.2 Å². The summed E-state index contributed by atoms with van der Waals surface area (Å²) < 4.78 is 0. The number of aliphatic imine (C=N–C) groups is 1. The molecule has 22 heavy (non-hydrogen) atoms. The summed E-state index contributed by atoms with van der Waals surface area (Å²) in [7, 11) is 0. The second kappa shape index (κ2) is 13.5. The minimum atomic E-state index is 0.162. The second-order valence-corrected chi connectivity index (χ2v) is 6.47. The Morgan fingerprint density at radius 1 is 0.909 bits per heavy atom. The highest BCUT2D eigenvalue weighted by atomic mass is 14.7. The summed E-state index contributed by atoms with van der Waals surface area (Å²) in [6, 6.07) is 0. The average molecular weight is 304 g/mol. The lowest BCUT2D eigenvalue weighted by atomic mass is 9.75. The monoisotopic (exact) mass is 303 g/mol. The van der Waals surface area contributed by atoms with Gasteiger partial charge in [-0.1, -0.05) is 97.4 Å². The van der Waals surface area contributed by atoms with Gasteiger partial charge in [0.2, 0.25) is 0 Å². The van der Waals surface area contributed by atoms with Crippen LogP contribution in [0.4, 0.5) is 0 Å². The molecule has 0 aromatic heterocycles. The Hall–Kier alpha value is -1.11. The fraction of sp³-hybridized carbons (Fsp3) is 0.667. The molecule has 0 aliphatic carbocycles. The first-order chi connectivity index (χ1) is 10.6. The fourth-order valence-electron chi connectivity index (χ4n) is 2.92. The molecule has 1 heteroatoms. The molecule has 0 bridgehead atoms. The molecule has 0 aromatic carbocycles. The highest BCUT2D eigenvalue weighted by molar-refractivity contribution is 6.00. The summed E-state index contributed by atoms with van der Waals surface area (Å²) in [5.74, 6) is 0. The topological polar surface area (TPSA) is 12.4 Å². The van der Waals surface area contributed by atoms with Crippen LogP contribution in [0.1, 0.15) is 85.0 Å². The molecule has 1 nitrogen and oxygen atoms in total. The van der Waals surface area contributed by atoms with Crippen molar-refractivity contribution in [1.82, 2.24) is 0 Å². The van der Waals surface area contributed by atoms with Gasteiger partial charge in [0.15, 0.2) is 0 Å². The van der Waals surface area contributed by atoms with Crippen LogP contribution in [0, 0.1) is 5.41 Å². The van der Waals surface area contributed by atoms with Crippen LogP contribution in [0.15, 0.2) is 42.6 Å². The number of hydrogen-bond acceptors (Lipinski definition) is 1. The zero-order valence-electron chi connectivity index (χ0n) is 15.2. The minimum absolute atomic E-state index is 0.162. The third-order valence-electron chi connectivity index (χ3n) is 4.40. The molecule has 0 aromatic rings. The molecule has 0 atom stereocenters. The smallest absolute Gasteiger partial charge is 0.0462 e. The summed E-state index contributed by atoms with van der Waals surface area (Å²) in [4.78, 5) is 4.58. The first-order valence-corrected chi connectivity index (χ1v) is 9.12. The molecule has 0 spiro atoms. The highest BCUT2D eigenvalue weighted by Gasteiger charge is 2.27. The standard InChI is InChI=1S/C21H37N/c1-6-10-13-15-18-21(5,19-16-14-11-7-2)20(22-9-4)17-12-8-3/h8-9,12,17H,3-4,6-7,10-11,13-16,18-19H2,1-2,5H3/b17-12-,22-20?. The molecule has 0 heterocycles. The van der Waals surface area contributed by atoms with Gasteiger partial charge in [0, 0.05) is 17.3 Å². The number of unbranched alkanes of at least 4 members (excludes halogenated alkanes) is 6. The zero-order chi connectivity index (χ0) is 16.7. The van der Waals surface area contributed by atoms with E-state index in [1.807, 2.05) is 12.2 Å². The molecule has 0 radical (unpaired) electrons. The van der Waals surface area contributed by atoms with Gasteiger partial charge in [-0.25, -0.2) is 0 Å². The van der Waals surface area contributed by atoms with Crippen molar-refractivity contribution in [3.05, 3.63) is 37.6 Å². The number of hydrogen-bond donors (Lipinski definition) is 0. The molecule has 0 saturated carbocycles. The van der Waals surface area contributed by atoms with Crippen molar-refractivity contribution < 1.29 is 0 Å². The summed E-state index contributed by atoms with van der Waals surface area (Å²) in [6.07, 6.45) is 20.5. The van der Waals surface area contributed by atoms with Crippen LogP contribution < -0.4 is 0 Å². The van der Waals surface area contributed by atoms with Gasteiger partial charge in [-0.15, -0.1) is 0 Å². The lowest BCUT2D eigenvalue weighted by molar-refractivity contribution is 0.359. The van der Waals surface area contributed by atoms with Crippen LogP contribution in [-0.2, 0) is 0 Å². The Bertz CT molecular complexity index is 337. The van der Waals surface area contributed by atoms with E-state index in [0.29, 0.717) is 0 Å². The fourth-order valence-corrected chi connectivity index (χ4v) is 2.92. The third-order valence-corrected chi connectivity index (χ3v) is 4.40. The summed E-state index contributed by atoms with van der Waals surface area (Å²) in [5.41, 5.74) is 1.32. The summed E-state index contributed by atoms with van der Waals surface area (Å²) in [5, 5.41) is 0. The predicted molar refractivity (Wildman–Crippen MR) is 103 cm³/mol. The van der Waals surface area contributed by atoms with Crippen molar-refractivity contribution in [1.29, 1.82) is 0 Å². The van der Waals surface area contributed by atoms with Gasteiger partial charge in [-0.05, 0) is 18.9 Å². The maximum atomic E-state index is 4.58. The third kappa shape index (κ3) is 9.02. The van der Waals surface area contributed by atoms with E-state index >= 15 is 0 Å². The average Bonchev–Trinajstić information content (AvgIpc) is 2.52. The van der Waals surface area contributed by atoms with Gasteiger partial charge in [0.05, 0.1) is 0 Å². The number of allylic oxidation sites excluding steroid dienone is 3. The van der Waals surface area contributed by atoms with Gasteiger partial charge in [-0.3, -0.25) is 4.99 Å². The molecular formula is C21H37N. The molecular weight excluding hydrogens is 266 g/mol. The Morgan fingerprint density at radius 3 is 1.86 bits per heavy atom. The van der Waals surface area contributed by atoms with E-state index < -0.39 is 0 Å². The lowest BCUT2D eigenvalue weighted by Crippen LogP contribution is -2.26. The minimum Gasteiger partial charge on any atom is -0.261 e. The van der Waals surface area contributed by atoms with Crippen LogP contribution in [-0.4, -0.2) is 5.71 Å². The highest BCUT2D eigenvalue weighted by Crippen LogP contribution is 2.34. The van der Waals surface area contributed by atoms with Gasteiger partial charge >= 0.3 is 0 Å². The molecule has 0 amide bonds. The van der Waals surface area contributed by atoms with Crippen molar-refractivity contribution in [2.45, 2.75) is 85.0 Å². The van der Waals surface area contributed by atoms with Crippen LogP contribution >= 0.6 is 0 Å². The van der Waals surface area contributed by atoms with Crippen LogP contribution in [0.3, 0.4) is 0 Å². The van der Waals surface area contributed by atoms with Crippen LogP contribution in [0.25, 0.3) is 0 Å². The SMILES string of the molecule is C=C/C=C\C(=NC=C)C(C)(CCCCCC)CCCCCC. The van der Waals surface area contributed by atoms with Crippen molar-refractivity contribution >= 4 is 5.71 Å². The molecule has 0 aliphatic heterocycles. The van der Waals surface area contributed by atoms with Gasteiger partial charge in [-0.2, -0.15) is 0 Å². The molecule has 0 aliphatic rings. The molecule has 0 unspecified atom stereocenters. The molecule has 0 N–H and O–H groups in total. The van der Waals surface area contributed by atoms with Gasteiger partial charge in [0.1, 0.15) is 0 Å². The first-order valence-electron chi connectivity index (χ1n) is 9.12. The van der Waals surface area contributed by atoms with Gasteiger partial charge < -0.3 is 0 Å². The van der Waals surface area contributed by atoms with E-state index in [-0.39, 0.29) is 5.41 Å². The summed E-state index contributed by atoms with van der Waals surface area (Å²) in [6.45, 7) is 14.5. The lowest BCUT2D eigenvalue weighted by Gasteiger charge is -2.30. The Balaban J connectivity index is 4.91. The van der Waals surface area contributed by atoms with E-state index in [1.54, 1.807) is 6.20 Å². The van der Waals surface area contributed by atoms with E-state index in [0.717, 1.165) is 5.71 Å². The van der Waals surface area contributed by atoms with Crippen molar-refractivity contribution in [2.75, 3.05) is 0 Å².